The third-order valence-corrected chi connectivity index (χ3v) is 4.65. The SMILES string of the molecule is O=C1C[C@@H](N2CCOCC2)C(=O)N1c1ccc(SC(F)F)cc1. The Bertz CT molecular complexity index is 591. The predicted molar refractivity (Wildman–Crippen MR) is 81.6 cm³/mol. The van der Waals surface area contributed by atoms with Gasteiger partial charge in [-0.1, -0.05) is 11.8 Å². The number of nitrogens with zero attached hydrogens (tertiary/aromatic N) is 2. The molecule has 23 heavy (non-hydrogen) atoms. The lowest BCUT2D eigenvalue weighted by Gasteiger charge is -2.30. The first kappa shape index (κ1) is 16.4. The number of halogens is 2. The molecule has 2 aliphatic rings. The maximum absolute atomic E-state index is 12.6. The van der Waals surface area contributed by atoms with Crippen molar-refractivity contribution < 1.29 is 23.1 Å². The van der Waals surface area contributed by atoms with E-state index in [0.29, 0.717) is 48.6 Å². The van der Waals surface area contributed by atoms with Gasteiger partial charge in [-0.3, -0.25) is 14.5 Å². The number of hydrogen-bond acceptors (Lipinski definition) is 5. The number of benzene rings is 1. The minimum absolute atomic E-state index is 0.145. The van der Waals surface area contributed by atoms with Crippen LogP contribution < -0.4 is 4.90 Å². The Morgan fingerprint density at radius 2 is 1.78 bits per heavy atom. The van der Waals surface area contributed by atoms with Crippen molar-refractivity contribution in [2.45, 2.75) is 23.1 Å². The topological polar surface area (TPSA) is 49.9 Å². The van der Waals surface area contributed by atoms with E-state index < -0.39 is 11.8 Å². The zero-order valence-electron chi connectivity index (χ0n) is 12.3. The molecule has 2 saturated heterocycles. The van der Waals surface area contributed by atoms with Crippen molar-refractivity contribution in [3.05, 3.63) is 24.3 Å². The van der Waals surface area contributed by atoms with E-state index in [9.17, 15) is 18.4 Å². The van der Waals surface area contributed by atoms with Crippen molar-refractivity contribution >= 4 is 29.3 Å². The second kappa shape index (κ2) is 6.94. The molecular formula is C15H16F2N2O3S. The molecule has 2 aliphatic heterocycles. The Labute approximate surface area is 136 Å². The van der Waals surface area contributed by atoms with Crippen LogP contribution in [0.5, 0.6) is 0 Å². The lowest BCUT2D eigenvalue weighted by Crippen LogP contribution is -2.47. The van der Waals surface area contributed by atoms with Gasteiger partial charge < -0.3 is 4.74 Å². The molecule has 5 nitrogen and oxygen atoms in total. The van der Waals surface area contributed by atoms with Crippen LogP contribution in [0.2, 0.25) is 0 Å². The van der Waals surface area contributed by atoms with Gasteiger partial charge in [0.05, 0.1) is 31.4 Å². The van der Waals surface area contributed by atoms with Gasteiger partial charge in [0.2, 0.25) is 5.91 Å². The molecule has 0 saturated carbocycles. The fourth-order valence-corrected chi connectivity index (χ4v) is 3.34. The minimum atomic E-state index is -2.50. The lowest BCUT2D eigenvalue weighted by molar-refractivity contribution is -0.123. The van der Waals surface area contributed by atoms with Gasteiger partial charge in [0.1, 0.15) is 0 Å². The Morgan fingerprint density at radius 3 is 2.39 bits per heavy atom. The largest absolute Gasteiger partial charge is 0.379 e. The first-order chi connectivity index (χ1) is 11.1. The van der Waals surface area contributed by atoms with E-state index in [0.717, 1.165) is 4.90 Å². The molecule has 0 N–H and O–H groups in total. The molecule has 2 heterocycles. The molecule has 0 bridgehead atoms. The zero-order valence-corrected chi connectivity index (χ0v) is 13.1. The number of rotatable bonds is 4. The lowest BCUT2D eigenvalue weighted by atomic mass is 10.2. The molecule has 1 atom stereocenters. The third kappa shape index (κ3) is 3.54. The highest BCUT2D eigenvalue weighted by Crippen LogP contribution is 2.30. The van der Waals surface area contributed by atoms with Gasteiger partial charge in [-0.15, -0.1) is 0 Å². The normalized spacial score (nSPS) is 23.1. The van der Waals surface area contributed by atoms with Gasteiger partial charge in [0, 0.05) is 18.0 Å². The summed E-state index contributed by atoms with van der Waals surface area (Å²) >= 11 is 0.431. The quantitative estimate of drug-likeness (QED) is 0.618. The molecule has 0 aliphatic carbocycles. The van der Waals surface area contributed by atoms with Crippen LogP contribution in [0.15, 0.2) is 29.2 Å². The van der Waals surface area contributed by atoms with Crippen LogP contribution in [0.25, 0.3) is 0 Å². The summed E-state index contributed by atoms with van der Waals surface area (Å²) in [5, 5.41) is 0. The van der Waals surface area contributed by atoms with Gasteiger partial charge in [-0.2, -0.15) is 8.78 Å². The van der Waals surface area contributed by atoms with Crippen molar-refractivity contribution in [2.75, 3.05) is 31.2 Å². The predicted octanol–water partition coefficient (Wildman–Crippen LogP) is 1.97. The van der Waals surface area contributed by atoms with Gasteiger partial charge >= 0.3 is 0 Å². The van der Waals surface area contributed by atoms with Crippen molar-refractivity contribution in [3.8, 4) is 0 Å². The Hall–Kier alpha value is -1.51. The van der Waals surface area contributed by atoms with Crippen molar-refractivity contribution in [3.63, 3.8) is 0 Å². The van der Waals surface area contributed by atoms with E-state index in [4.69, 9.17) is 4.74 Å². The van der Waals surface area contributed by atoms with Gasteiger partial charge in [-0.25, -0.2) is 4.90 Å². The summed E-state index contributed by atoms with van der Waals surface area (Å²) in [4.78, 5) is 28.3. The first-order valence-corrected chi connectivity index (χ1v) is 8.17. The molecule has 124 valence electrons. The van der Waals surface area contributed by atoms with Gasteiger partial charge in [0.25, 0.3) is 11.7 Å². The number of carbonyl (C=O) groups is 2. The maximum atomic E-state index is 12.6. The van der Waals surface area contributed by atoms with Crippen LogP contribution in [0.1, 0.15) is 6.42 Å². The highest BCUT2D eigenvalue weighted by atomic mass is 32.2. The summed E-state index contributed by atoms with van der Waals surface area (Å²) in [5.41, 5.74) is 0.425. The summed E-state index contributed by atoms with van der Waals surface area (Å²) < 4.78 is 29.9. The smallest absolute Gasteiger partial charge is 0.288 e. The molecule has 0 aromatic heterocycles. The monoisotopic (exact) mass is 342 g/mol. The van der Waals surface area contributed by atoms with Gasteiger partial charge in [-0.05, 0) is 24.3 Å². The molecule has 2 amide bonds. The highest BCUT2D eigenvalue weighted by Gasteiger charge is 2.42. The van der Waals surface area contributed by atoms with Crippen LogP contribution in [-0.2, 0) is 14.3 Å². The average Bonchev–Trinajstić information content (AvgIpc) is 2.83. The van der Waals surface area contributed by atoms with Crippen molar-refractivity contribution in [1.29, 1.82) is 0 Å². The van der Waals surface area contributed by atoms with Crippen LogP contribution >= 0.6 is 11.8 Å². The Balaban J connectivity index is 1.74. The summed E-state index contributed by atoms with van der Waals surface area (Å²) in [5.74, 6) is -3.02. The summed E-state index contributed by atoms with van der Waals surface area (Å²) in [6.45, 7) is 2.36. The van der Waals surface area contributed by atoms with Crippen LogP contribution in [0.3, 0.4) is 0 Å². The maximum Gasteiger partial charge on any atom is 0.288 e. The Morgan fingerprint density at radius 1 is 1.13 bits per heavy atom. The van der Waals surface area contributed by atoms with Crippen molar-refractivity contribution in [2.24, 2.45) is 0 Å². The number of ether oxygens (including phenoxy) is 1. The number of anilines is 1. The molecule has 1 aromatic rings. The third-order valence-electron chi connectivity index (χ3n) is 3.93. The fourth-order valence-electron chi connectivity index (χ4n) is 2.84. The molecule has 0 spiro atoms. The van der Waals surface area contributed by atoms with E-state index in [2.05, 4.69) is 0 Å². The Kier molecular flexibility index (Phi) is 4.93. The summed E-state index contributed by atoms with van der Waals surface area (Å²) in [6, 6.07) is 5.59. The van der Waals surface area contributed by atoms with Crippen molar-refractivity contribution in [1.82, 2.24) is 4.90 Å². The molecule has 8 heteroatoms. The number of thioether (sulfide) groups is 1. The van der Waals surface area contributed by atoms with E-state index in [1.807, 2.05) is 4.90 Å². The van der Waals surface area contributed by atoms with Gasteiger partial charge in [0.15, 0.2) is 0 Å². The second-order valence-electron chi connectivity index (χ2n) is 5.31. The number of carbonyl (C=O) groups excluding carboxylic acids is 2. The zero-order chi connectivity index (χ0) is 16.4. The molecule has 2 fully saturated rings. The van der Waals surface area contributed by atoms with Crippen LogP contribution in [-0.4, -0.2) is 54.8 Å². The van der Waals surface area contributed by atoms with E-state index in [1.165, 1.54) is 24.3 Å². The molecule has 0 unspecified atom stereocenters. The average molecular weight is 342 g/mol. The summed E-state index contributed by atoms with van der Waals surface area (Å²) in [6.07, 6.45) is 0.145. The standard InChI is InChI=1S/C15H16F2N2O3S/c16-15(17)23-11-3-1-10(2-4-11)19-13(20)9-12(14(19)21)18-5-7-22-8-6-18/h1-4,12,15H,5-9H2/t12-/m1/s1. The molecule has 3 rings (SSSR count). The van der Waals surface area contributed by atoms with Crippen LogP contribution in [0, 0.1) is 0 Å². The number of alkyl halides is 2. The fraction of sp³-hybridized carbons (Fsp3) is 0.467. The van der Waals surface area contributed by atoms with E-state index in [-0.39, 0.29) is 18.2 Å². The molecular weight excluding hydrogens is 326 g/mol. The number of amides is 2. The molecule has 1 aromatic carbocycles. The second-order valence-corrected chi connectivity index (χ2v) is 6.37. The van der Waals surface area contributed by atoms with Crippen LogP contribution in [0.4, 0.5) is 14.5 Å². The molecule has 0 radical (unpaired) electrons. The van der Waals surface area contributed by atoms with E-state index >= 15 is 0 Å². The number of hydrogen-bond donors (Lipinski definition) is 0. The number of imide groups is 1. The number of morpholine rings is 1. The van der Waals surface area contributed by atoms with E-state index in [1.54, 1.807) is 0 Å². The first-order valence-electron chi connectivity index (χ1n) is 7.30. The highest BCUT2D eigenvalue weighted by molar-refractivity contribution is 7.99. The summed E-state index contributed by atoms with van der Waals surface area (Å²) in [7, 11) is 0. The minimum Gasteiger partial charge on any atom is -0.379 e.